The van der Waals surface area contributed by atoms with Crippen LogP contribution in [-0.2, 0) is 23.7 Å². The summed E-state index contributed by atoms with van der Waals surface area (Å²) in [5.41, 5.74) is -3.44. The lowest BCUT2D eigenvalue weighted by Gasteiger charge is -2.17. The van der Waals surface area contributed by atoms with Crippen LogP contribution in [0.3, 0.4) is 0 Å². The van der Waals surface area contributed by atoms with Gasteiger partial charge in [0.2, 0.25) is 0 Å². The van der Waals surface area contributed by atoms with E-state index in [1.54, 1.807) is 0 Å². The molecule has 13 heteroatoms. The molecule has 4 nitrogen and oxygen atoms in total. The second-order valence-electron chi connectivity index (χ2n) is 6.51. The number of carbonyl (C=O) groups excluding carboxylic acids is 2. The van der Waals surface area contributed by atoms with Crippen LogP contribution >= 0.6 is 43.6 Å². The molecule has 2 aromatic carbocycles. The minimum absolute atomic E-state index is 0.0366. The van der Waals surface area contributed by atoms with Crippen LogP contribution in [0.2, 0.25) is 0 Å². The van der Waals surface area contributed by atoms with E-state index in [1.165, 1.54) is 18.2 Å². The van der Waals surface area contributed by atoms with Gasteiger partial charge in [-0.1, -0.05) is 15.9 Å². The van der Waals surface area contributed by atoms with Crippen LogP contribution in [0.4, 0.5) is 31.1 Å². The van der Waals surface area contributed by atoms with Crippen molar-refractivity contribution in [2.45, 2.75) is 18.9 Å². The standard InChI is InChI=1S/C19H9Br2F6NO3S/c20-12-3-9(15(29)13(21)6-12)4-14-16(30)28(17(31)32-14)7-8-1-10(18(22,23)24)5-11(2-8)19(25,26)27/h1-6,29H,7H2/b14-4-. The van der Waals surface area contributed by atoms with Crippen molar-refractivity contribution in [2.24, 2.45) is 0 Å². The zero-order chi connectivity index (χ0) is 24.0. The SMILES string of the molecule is O=C1S/C(=C\c2cc(Br)cc(Br)c2O)C(=O)N1Cc1cc(C(F)(F)F)cc(C(F)(F)F)c1. The summed E-state index contributed by atoms with van der Waals surface area (Å²) in [7, 11) is 0. The Labute approximate surface area is 197 Å². The Morgan fingerprint density at radius 2 is 1.50 bits per heavy atom. The molecule has 1 fully saturated rings. The highest BCUT2D eigenvalue weighted by Crippen LogP contribution is 2.40. The molecule has 3 rings (SSSR count). The van der Waals surface area contributed by atoms with E-state index in [2.05, 4.69) is 31.9 Å². The summed E-state index contributed by atoms with van der Waals surface area (Å²) < 4.78 is 79.1. The van der Waals surface area contributed by atoms with Crippen LogP contribution in [0, 0.1) is 0 Å². The molecule has 0 atom stereocenters. The lowest BCUT2D eigenvalue weighted by Crippen LogP contribution is -2.28. The second kappa shape index (κ2) is 8.75. The van der Waals surface area contributed by atoms with E-state index >= 15 is 0 Å². The minimum Gasteiger partial charge on any atom is -0.506 e. The number of halogens is 8. The molecule has 1 aliphatic heterocycles. The van der Waals surface area contributed by atoms with Crippen LogP contribution < -0.4 is 0 Å². The fourth-order valence-corrected chi connectivity index (χ4v) is 4.85. The second-order valence-corrected chi connectivity index (χ2v) is 9.27. The van der Waals surface area contributed by atoms with Crippen LogP contribution in [-0.4, -0.2) is 21.2 Å². The molecule has 32 heavy (non-hydrogen) atoms. The fourth-order valence-electron chi connectivity index (χ4n) is 2.77. The van der Waals surface area contributed by atoms with Crippen LogP contribution in [0.1, 0.15) is 22.3 Å². The quantitative estimate of drug-likeness (QED) is 0.298. The Balaban J connectivity index is 1.96. The van der Waals surface area contributed by atoms with Crippen LogP contribution in [0.25, 0.3) is 6.08 Å². The van der Waals surface area contributed by atoms with E-state index in [4.69, 9.17) is 0 Å². The number of aromatic hydroxyl groups is 1. The van der Waals surface area contributed by atoms with Crippen molar-refractivity contribution in [3.63, 3.8) is 0 Å². The van der Waals surface area contributed by atoms with Crippen molar-refractivity contribution in [1.82, 2.24) is 4.90 Å². The lowest BCUT2D eigenvalue weighted by molar-refractivity contribution is -0.143. The van der Waals surface area contributed by atoms with Crippen molar-refractivity contribution >= 4 is 60.8 Å². The fraction of sp³-hybridized carbons (Fsp3) is 0.158. The van der Waals surface area contributed by atoms with Crippen molar-refractivity contribution in [3.05, 3.63) is 66.4 Å². The number of alkyl halides is 6. The molecular formula is C19H9Br2F6NO3S. The molecule has 1 saturated heterocycles. The Hall–Kier alpha value is -1.99. The zero-order valence-corrected chi connectivity index (χ0v) is 19.3. The lowest BCUT2D eigenvalue weighted by atomic mass is 10.0. The molecule has 1 aliphatic rings. The third-order valence-corrected chi connectivity index (χ3v) is 6.18. The first-order valence-corrected chi connectivity index (χ1v) is 10.8. The van der Waals surface area contributed by atoms with E-state index in [0.717, 1.165) is 0 Å². The number of amides is 2. The molecule has 0 aromatic heterocycles. The van der Waals surface area contributed by atoms with E-state index in [-0.39, 0.29) is 22.3 Å². The summed E-state index contributed by atoms with van der Waals surface area (Å²) in [6.45, 7) is -0.789. The zero-order valence-electron chi connectivity index (χ0n) is 15.3. The van der Waals surface area contributed by atoms with Crippen LogP contribution in [0.15, 0.2) is 44.2 Å². The number of rotatable bonds is 3. The van der Waals surface area contributed by atoms with E-state index in [9.17, 15) is 41.0 Å². The van der Waals surface area contributed by atoms with Crippen molar-refractivity contribution in [3.8, 4) is 5.75 Å². The van der Waals surface area contributed by atoms with Crippen molar-refractivity contribution < 1.29 is 41.0 Å². The maximum atomic E-state index is 13.1. The number of hydrogen-bond acceptors (Lipinski definition) is 4. The molecule has 0 radical (unpaired) electrons. The minimum atomic E-state index is -5.06. The normalized spacial score (nSPS) is 16.4. The van der Waals surface area contributed by atoms with E-state index in [1.807, 2.05) is 0 Å². The van der Waals surface area contributed by atoms with Gasteiger partial charge >= 0.3 is 12.4 Å². The monoisotopic (exact) mass is 603 g/mol. The number of phenols is 1. The maximum absolute atomic E-state index is 13.1. The van der Waals surface area contributed by atoms with E-state index in [0.29, 0.717) is 37.7 Å². The molecule has 2 amide bonds. The van der Waals surface area contributed by atoms with Gasteiger partial charge in [-0.05, 0) is 69.7 Å². The van der Waals surface area contributed by atoms with Gasteiger partial charge in [0.1, 0.15) is 5.75 Å². The number of thioether (sulfide) groups is 1. The summed E-state index contributed by atoms with van der Waals surface area (Å²) in [5, 5.41) is 9.23. The molecular weight excluding hydrogens is 596 g/mol. The first kappa shape index (κ1) is 24.6. The Morgan fingerprint density at radius 3 is 2.03 bits per heavy atom. The van der Waals surface area contributed by atoms with Gasteiger partial charge in [0.25, 0.3) is 11.1 Å². The highest BCUT2D eigenvalue weighted by molar-refractivity contribution is 9.11. The average Bonchev–Trinajstić information content (AvgIpc) is 2.91. The highest BCUT2D eigenvalue weighted by atomic mass is 79.9. The van der Waals surface area contributed by atoms with Gasteiger partial charge < -0.3 is 5.11 Å². The first-order valence-electron chi connectivity index (χ1n) is 8.38. The summed E-state index contributed by atoms with van der Waals surface area (Å²) >= 11 is 6.76. The number of nitrogens with zero attached hydrogens (tertiary/aromatic N) is 1. The third-order valence-electron chi connectivity index (χ3n) is 4.21. The Kier molecular flexibility index (Phi) is 6.74. The number of hydrogen-bond donors (Lipinski definition) is 1. The van der Waals surface area contributed by atoms with Crippen molar-refractivity contribution in [2.75, 3.05) is 0 Å². The number of imide groups is 1. The van der Waals surface area contributed by atoms with Gasteiger partial charge in [-0.25, -0.2) is 0 Å². The topological polar surface area (TPSA) is 57.6 Å². The van der Waals surface area contributed by atoms with Gasteiger partial charge in [-0.2, -0.15) is 26.3 Å². The molecule has 2 aromatic rings. The van der Waals surface area contributed by atoms with Gasteiger partial charge in [-0.3, -0.25) is 14.5 Å². The van der Waals surface area contributed by atoms with Gasteiger partial charge in [-0.15, -0.1) is 0 Å². The molecule has 1 heterocycles. The maximum Gasteiger partial charge on any atom is 0.416 e. The molecule has 0 bridgehead atoms. The summed E-state index contributed by atoms with van der Waals surface area (Å²) in [6.07, 6.45) is -8.91. The number of phenolic OH excluding ortho intramolecular Hbond substituents is 1. The predicted molar refractivity (Wildman–Crippen MR) is 111 cm³/mol. The van der Waals surface area contributed by atoms with Gasteiger partial charge in [0, 0.05) is 10.0 Å². The highest BCUT2D eigenvalue weighted by Gasteiger charge is 2.39. The number of benzene rings is 2. The summed E-state index contributed by atoms with van der Waals surface area (Å²) in [5.74, 6) is -1.14. The molecule has 0 saturated carbocycles. The number of carbonyl (C=O) groups is 2. The Morgan fingerprint density at radius 1 is 0.938 bits per heavy atom. The summed E-state index contributed by atoms with van der Waals surface area (Å²) in [6, 6.07) is 3.87. The van der Waals surface area contributed by atoms with Gasteiger partial charge in [0.15, 0.2) is 0 Å². The van der Waals surface area contributed by atoms with Crippen molar-refractivity contribution in [1.29, 1.82) is 0 Å². The predicted octanol–water partition coefficient (Wildman–Crippen LogP) is 7.19. The molecule has 0 aliphatic carbocycles. The first-order chi connectivity index (χ1) is 14.7. The molecule has 0 unspecified atom stereocenters. The van der Waals surface area contributed by atoms with E-state index < -0.39 is 46.7 Å². The summed E-state index contributed by atoms with van der Waals surface area (Å²) in [4.78, 5) is 25.3. The molecule has 0 spiro atoms. The largest absolute Gasteiger partial charge is 0.506 e. The third kappa shape index (κ3) is 5.31. The smallest absolute Gasteiger partial charge is 0.416 e. The Bertz CT molecular complexity index is 1110. The molecule has 1 N–H and O–H groups in total. The van der Waals surface area contributed by atoms with Gasteiger partial charge in [0.05, 0.1) is 27.0 Å². The van der Waals surface area contributed by atoms with Crippen LogP contribution in [0.5, 0.6) is 5.75 Å². The molecule has 170 valence electrons. The average molecular weight is 605 g/mol.